The number of carbonyl (C=O) groups excluding carboxylic acids is 1. The van der Waals surface area contributed by atoms with Gasteiger partial charge in [0.1, 0.15) is 11.6 Å². The molecule has 2 N–H and O–H groups in total. The van der Waals surface area contributed by atoms with E-state index in [9.17, 15) is 21.6 Å². The van der Waals surface area contributed by atoms with Gasteiger partial charge in [-0.15, -0.1) is 0 Å². The van der Waals surface area contributed by atoms with Gasteiger partial charge in [-0.1, -0.05) is 6.07 Å². The van der Waals surface area contributed by atoms with Crippen LogP contribution in [-0.2, 0) is 20.0 Å². The third kappa shape index (κ3) is 5.75. The first-order chi connectivity index (χ1) is 14.4. The molecule has 0 spiro atoms. The number of sulfonamides is 2. The molecule has 2 aromatic heterocycles. The Kier molecular flexibility index (Phi) is 7.32. The van der Waals surface area contributed by atoms with Crippen molar-refractivity contribution in [1.29, 1.82) is 0 Å². The number of pyridine rings is 1. The van der Waals surface area contributed by atoms with E-state index in [-0.39, 0.29) is 30.1 Å². The van der Waals surface area contributed by atoms with Crippen LogP contribution in [-0.4, -0.2) is 61.7 Å². The van der Waals surface area contributed by atoms with Crippen molar-refractivity contribution < 1.29 is 26.4 Å². The van der Waals surface area contributed by atoms with Gasteiger partial charge in [-0.25, -0.2) is 22.9 Å². The van der Waals surface area contributed by atoms with Gasteiger partial charge in [-0.2, -0.15) is 23.4 Å². The average molecular weight is 474 g/mol. The standard InChI is InChI=1S/C16H23N7O6S2/c1-6-23(31(27,28)10(2)3)12-8-7-9-13(19-12)30(25,26)22-15(24)20-14-17-11(4)18-16(21-14)29-5/h7-10H,6H2,1-5H3,(H2,17,18,20,21,22,24). The lowest BCUT2D eigenvalue weighted by Gasteiger charge is -2.24. The van der Waals surface area contributed by atoms with E-state index in [1.807, 2.05) is 0 Å². The molecule has 0 unspecified atom stereocenters. The molecule has 0 aliphatic rings. The zero-order valence-corrected chi connectivity index (χ0v) is 19.2. The molecule has 2 amide bonds. The van der Waals surface area contributed by atoms with Gasteiger partial charge < -0.3 is 4.74 Å². The fraction of sp³-hybridized carbons (Fsp3) is 0.438. The summed E-state index contributed by atoms with van der Waals surface area (Å²) in [5, 5.41) is 0.889. The van der Waals surface area contributed by atoms with Crippen molar-refractivity contribution in [3.63, 3.8) is 0 Å². The molecule has 2 rings (SSSR count). The lowest BCUT2D eigenvalue weighted by molar-refractivity contribution is 0.256. The van der Waals surface area contributed by atoms with Crippen LogP contribution >= 0.6 is 0 Å². The number of ether oxygens (including phenoxy) is 1. The second-order valence-electron chi connectivity index (χ2n) is 6.35. The predicted molar refractivity (Wildman–Crippen MR) is 112 cm³/mol. The second kappa shape index (κ2) is 9.38. The van der Waals surface area contributed by atoms with Crippen molar-refractivity contribution in [1.82, 2.24) is 24.7 Å². The smallest absolute Gasteiger partial charge is 0.335 e. The molecule has 0 bridgehead atoms. The van der Waals surface area contributed by atoms with Crippen LogP contribution in [0.5, 0.6) is 6.01 Å². The summed E-state index contributed by atoms with van der Waals surface area (Å²) in [5.74, 6) is -0.0679. The summed E-state index contributed by atoms with van der Waals surface area (Å²) in [6, 6.07) is 2.61. The number of aryl methyl sites for hydroxylation is 1. The molecule has 0 saturated carbocycles. The second-order valence-corrected chi connectivity index (χ2v) is 10.4. The third-order valence-corrected chi connectivity index (χ3v) is 7.27. The van der Waals surface area contributed by atoms with Crippen molar-refractivity contribution in [2.75, 3.05) is 23.3 Å². The van der Waals surface area contributed by atoms with Gasteiger partial charge in [0, 0.05) is 6.54 Å². The van der Waals surface area contributed by atoms with Gasteiger partial charge in [-0.3, -0.25) is 9.62 Å². The quantitative estimate of drug-likeness (QED) is 0.554. The third-order valence-electron chi connectivity index (χ3n) is 3.79. The normalized spacial score (nSPS) is 11.8. The first-order valence-corrected chi connectivity index (χ1v) is 12.0. The van der Waals surface area contributed by atoms with Crippen LogP contribution in [0.25, 0.3) is 0 Å². The number of methoxy groups -OCH3 is 1. The van der Waals surface area contributed by atoms with Crippen LogP contribution in [0.1, 0.15) is 26.6 Å². The number of hydrogen-bond acceptors (Lipinski definition) is 10. The van der Waals surface area contributed by atoms with Gasteiger partial charge in [-0.05, 0) is 39.8 Å². The van der Waals surface area contributed by atoms with Gasteiger partial charge in [0.2, 0.25) is 16.0 Å². The van der Waals surface area contributed by atoms with Gasteiger partial charge in [0.05, 0.1) is 12.4 Å². The van der Waals surface area contributed by atoms with E-state index in [4.69, 9.17) is 4.74 Å². The highest BCUT2D eigenvalue weighted by atomic mass is 32.2. The number of aromatic nitrogens is 4. The highest BCUT2D eigenvalue weighted by Crippen LogP contribution is 2.20. The predicted octanol–water partition coefficient (Wildman–Crippen LogP) is 0.659. The maximum Gasteiger partial charge on any atom is 0.335 e. The number of carbonyl (C=O) groups is 1. The number of hydrogen-bond donors (Lipinski definition) is 2. The lowest BCUT2D eigenvalue weighted by atomic mass is 10.4. The zero-order chi connectivity index (χ0) is 23.4. The largest absolute Gasteiger partial charge is 0.467 e. The summed E-state index contributed by atoms with van der Waals surface area (Å²) in [6.07, 6.45) is 0. The summed E-state index contributed by atoms with van der Waals surface area (Å²) in [7, 11) is -6.85. The van der Waals surface area contributed by atoms with Gasteiger partial charge in [0.15, 0.2) is 5.03 Å². The molecule has 0 radical (unpaired) electrons. The molecule has 0 aromatic carbocycles. The Morgan fingerprint density at radius 2 is 1.81 bits per heavy atom. The number of urea groups is 1. The van der Waals surface area contributed by atoms with Crippen molar-refractivity contribution >= 4 is 37.8 Å². The monoisotopic (exact) mass is 473 g/mol. The molecular formula is C16H23N7O6S2. The summed E-state index contributed by atoms with van der Waals surface area (Å²) >= 11 is 0. The molecule has 0 saturated heterocycles. The first kappa shape index (κ1) is 24.2. The molecule has 31 heavy (non-hydrogen) atoms. The maximum atomic E-state index is 12.6. The van der Waals surface area contributed by atoms with E-state index >= 15 is 0 Å². The number of nitrogens with one attached hydrogen (secondary N) is 2. The average Bonchev–Trinajstić information content (AvgIpc) is 2.67. The van der Waals surface area contributed by atoms with E-state index in [1.165, 1.54) is 40.0 Å². The molecule has 15 heteroatoms. The SMILES string of the molecule is CCN(c1cccc(S(=O)(=O)NC(=O)Nc2nc(C)nc(OC)n2)n1)S(=O)(=O)C(C)C. The molecular weight excluding hydrogens is 450 g/mol. The molecule has 0 atom stereocenters. The minimum atomic E-state index is -4.43. The maximum absolute atomic E-state index is 12.6. The zero-order valence-electron chi connectivity index (χ0n) is 17.5. The van der Waals surface area contributed by atoms with Crippen LogP contribution in [0.4, 0.5) is 16.6 Å². The number of amides is 2. The van der Waals surface area contributed by atoms with Crippen molar-refractivity contribution in [3.8, 4) is 6.01 Å². The summed E-state index contributed by atoms with van der Waals surface area (Å²) in [4.78, 5) is 27.6. The van der Waals surface area contributed by atoms with Crippen molar-refractivity contribution in [2.45, 2.75) is 38.0 Å². The molecule has 2 heterocycles. The van der Waals surface area contributed by atoms with Gasteiger partial charge in [0.25, 0.3) is 10.0 Å². The molecule has 2 aromatic rings. The summed E-state index contributed by atoms with van der Waals surface area (Å²) < 4.78 is 57.8. The Morgan fingerprint density at radius 3 is 2.39 bits per heavy atom. The Morgan fingerprint density at radius 1 is 1.13 bits per heavy atom. The van der Waals surface area contributed by atoms with Gasteiger partial charge >= 0.3 is 12.0 Å². The highest BCUT2D eigenvalue weighted by molar-refractivity contribution is 7.93. The molecule has 0 fully saturated rings. The Labute approximate surface area is 180 Å². The van der Waals surface area contributed by atoms with E-state index in [0.717, 1.165) is 10.4 Å². The first-order valence-electron chi connectivity index (χ1n) is 8.99. The highest BCUT2D eigenvalue weighted by Gasteiger charge is 2.27. The fourth-order valence-electron chi connectivity index (χ4n) is 2.33. The Bertz CT molecular complexity index is 1170. The van der Waals surface area contributed by atoms with Crippen molar-refractivity contribution in [3.05, 3.63) is 24.0 Å². The van der Waals surface area contributed by atoms with E-state index in [2.05, 4.69) is 25.3 Å². The van der Waals surface area contributed by atoms with Crippen LogP contribution in [0.2, 0.25) is 0 Å². The summed E-state index contributed by atoms with van der Waals surface area (Å²) in [5.41, 5.74) is 0. The van der Waals surface area contributed by atoms with Crippen LogP contribution in [0.3, 0.4) is 0 Å². The minimum absolute atomic E-state index is 0.0471. The molecule has 170 valence electrons. The number of rotatable bonds is 8. The summed E-state index contributed by atoms with van der Waals surface area (Å²) in [6.45, 7) is 6.18. The van der Waals surface area contributed by atoms with Crippen molar-refractivity contribution in [2.24, 2.45) is 0 Å². The van der Waals surface area contributed by atoms with E-state index in [0.29, 0.717) is 0 Å². The lowest BCUT2D eigenvalue weighted by Crippen LogP contribution is -2.38. The van der Waals surface area contributed by atoms with Crippen LogP contribution in [0, 0.1) is 6.92 Å². The fourth-order valence-corrected chi connectivity index (χ4v) is 4.43. The Balaban J connectivity index is 2.27. The minimum Gasteiger partial charge on any atom is -0.467 e. The molecule has 0 aliphatic carbocycles. The topological polar surface area (TPSA) is 173 Å². The molecule has 0 aliphatic heterocycles. The van der Waals surface area contributed by atoms with Crippen LogP contribution < -0.4 is 19.1 Å². The van der Waals surface area contributed by atoms with Crippen LogP contribution in [0.15, 0.2) is 23.2 Å². The molecule has 13 nitrogen and oxygen atoms in total. The Hall–Kier alpha value is -3.07. The number of nitrogens with zero attached hydrogens (tertiary/aromatic N) is 5. The number of anilines is 2. The van der Waals surface area contributed by atoms with E-state index in [1.54, 1.807) is 11.6 Å². The van der Waals surface area contributed by atoms with E-state index < -0.39 is 36.4 Å².